The number of carbonyl (C=O) groups is 1. The molecule has 0 saturated heterocycles. The fourth-order valence-electron chi connectivity index (χ4n) is 2.55. The van der Waals surface area contributed by atoms with Gasteiger partial charge in [0.05, 0.1) is 11.3 Å². The third-order valence-electron chi connectivity index (χ3n) is 3.86. The molecule has 0 spiro atoms. The van der Waals surface area contributed by atoms with Gasteiger partial charge in [-0.15, -0.1) is 0 Å². The normalized spacial score (nSPS) is 10.8. The van der Waals surface area contributed by atoms with Crippen molar-refractivity contribution in [3.8, 4) is 0 Å². The Hall–Kier alpha value is -2.40. The topological polar surface area (TPSA) is 42.0 Å². The van der Waals surface area contributed by atoms with E-state index in [0.717, 1.165) is 33.5 Å². The summed E-state index contributed by atoms with van der Waals surface area (Å²) in [5.41, 5.74) is 3.83. The van der Waals surface area contributed by atoms with Gasteiger partial charge in [0.25, 0.3) is 0 Å². The molecule has 1 heterocycles. The van der Waals surface area contributed by atoms with Gasteiger partial charge in [-0.25, -0.2) is 9.37 Å². The minimum absolute atomic E-state index is 0.134. The highest BCUT2D eigenvalue weighted by molar-refractivity contribution is 8.00. The third kappa shape index (κ3) is 4.37. The molecule has 3 rings (SSSR count). The molecule has 1 aromatic heterocycles. The Morgan fingerprint density at radius 3 is 2.64 bits per heavy atom. The first-order valence-corrected chi connectivity index (χ1v) is 9.12. The van der Waals surface area contributed by atoms with Gasteiger partial charge in [0, 0.05) is 11.1 Å². The highest BCUT2D eigenvalue weighted by Gasteiger charge is 2.10. The lowest BCUT2D eigenvalue weighted by Crippen LogP contribution is -2.14. The zero-order valence-corrected chi connectivity index (χ0v) is 15.0. The van der Waals surface area contributed by atoms with Crippen LogP contribution in [0, 0.1) is 12.7 Å². The number of aryl methyl sites for hydroxylation is 2. The summed E-state index contributed by atoms with van der Waals surface area (Å²) < 4.78 is 12.9. The average molecular weight is 354 g/mol. The number of hydrogen-bond donors (Lipinski definition) is 1. The Kier molecular flexibility index (Phi) is 5.34. The second kappa shape index (κ2) is 7.66. The molecule has 5 heteroatoms. The number of nitrogens with one attached hydrogen (secondary N) is 1. The minimum atomic E-state index is -0.324. The highest BCUT2D eigenvalue weighted by Crippen LogP contribution is 2.26. The standard InChI is InChI=1S/C20H19FN2OS/c1-3-14-11-15-5-4-13(2)10-18(15)23-20(14)25-12-19(24)22-17-8-6-16(21)7-9-17/h4-11H,3,12H2,1-2H3,(H,22,24). The summed E-state index contributed by atoms with van der Waals surface area (Å²) in [4.78, 5) is 16.9. The van der Waals surface area contributed by atoms with Crippen LogP contribution in [0.5, 0.6) is 0 Å². The number of thioether (sulfide) groups is 1. The van der Waals surface area contributed by atoms with E-state index in [-0.39, 0.29) is 17.5 Å². The van der Waals surface area contributed by atoms with Gasteiger partial charge in [-0.3, -0.25) is 4.79 Å². The average Bonchev–Trinajstić information content (AvgIpc) is 2.61. The number of benzene rings is 2. The van der Waals surface area contributed by atoms with Crippen LogP contribution in [0.25, 0.3) is 10.9 Å². The quantitative estimate of drug-likeness (QED) is 0.657. The van der Waals surface area contributed by atoms with Crippen LogP contribution in [0.1, 0.15) is 18.1 Å². The molecule has 0 aliphatic rings. The molecule has 0 saturated carbocycles. The number of carbonyl (C=O) groups excluding carboxylic acids is 1. The molecule has 0 unspecified atom stereocenters. The molecule has 0 aliphatic heterocycles. The number of nitrogens with zero attached hydrogens (tertiary/aromatic N) is 1. The van der Waals surface area contributed by atoms with Crippen LogP contribution in [-0.2, 0) is 11.2 Å². The SMILES string of the molecule is CCc1cc2ccc(C)cc2nc1SCC(=O)Nc1ccc(F)cc1. The van der Waals surface area contributed by atoms with E-state index in [1.165, 1.54) is 23.9 Å². The molecule has 0 fully saturated rings. The molecule has 3 nitrogen and oxygen atoms in total. The third-order valence-corrected chi connectivity index (χ3v) is 4.89. The van der Waals surface area contributed by atoms with Crippen molar-refractivity contribution in [2.45, 2.75) is 25.3 Å². The second-order valence-corrected chi connectivity index (χ2v) is 6.81. The number of halogens is 1. The molecule has 0 atom stereocenters. The fourth-order valence-corrected chi connectivity index (χ4v) is 3.44. The van der Waals surface area contributed by atoms with E-state index in [0.29, 0.717) is 5.69 Å². The fraction of sp³-hybridized carbons (Fsp3) is 0.200. The molecule has 1 N–H and O–H groups in total. The van der Waals surface area contributed by atoms with Gasteiger partial charge in [0.15, 0.2) is 0 Å². The molecule has 2 aromatic carbocycles. The number of fused-ring (bicyclic) bond motifs is 1. The maximum atomic E-state index is 12.9. The van der Waals surface area contributed by atoms with Crippen molar-refractivity contribution in [2.24, 2.45) is 0 Å². The molecular weight excluding hydrogens is 335 g/mol. The van der Waals surface area contributed by atoms with E-state index in [1.807, 2.05) is 6.92 Å². The molecule has 3 aromatic rings. The van der Waals surface area contributed by atoms with Gasteiger partial charge in [0.2, 0.25) is 5.91 Å². The van der Waals surface area contributed by atoms with Gasteiger partial charge in [-0.05, 0) is 60.9 Å². The zero-order chi connectivity index (χ0) is 17.8. The lowest BCUT2D eigenvalue weighted by molar-refractivity contribution is -0.113. The van der Waals surface area contributed by atoms with Crippen LogP contribution in [-0.4, -0.2) is 16.6 Å². The number of anilines is 1. The predicted molar refractivity (Wildman–Crippen MR) is 102 cm³/mol. The first kappa shape index (κ1) is 17.4. The number of rotatable bonds is 5. The number of pyridine rings is 1. The van der Waals surface area contributed by atoms with Crippen molar-refractivity contribution in [3.63, 3.8) is 0 Å². The maximum Gasteiger partial charge on any atom is 0.234 e. The van der Waals surface area contributed by atoms with E-state index < -0.39 is 0 Å². The Balaban J connectivity index is 1.73. The molecule has 0 aliphatic carbocycles. The molecule has 0 radical (unpaired) electrons. The van der Waals surface area contributed by atoms with Crippen molar-refractivity contribution in [1.82, 2.24) is 4.98 Å². The van der Waals surface area contributed by atoms with E-state index in [1.54, 1.807) is 12.1 Å². The monoisotopic (exact) mass is 354 g/mol. The van der Waals surface area contributed by atoms with Gasteiger partial charge >= 0.3 is 0 Å². The summed E-state index contributed by atoms with van der Waals surface area (Å²) in [6, 6.07) is 14.1. The van der Waals surface area contributed by atoms with Crippen molar-refractivity contribution in [1.29, 1.82) is 0 Å². The van der Waals surface area contributed by atoms with Crippen LogP contribution in [0.4, 0.5) is 10.1 Å². The number of aromatic nitrogens is 1. The summed E-state index contributed by atoms with van der Waals surface area (Å²) in [6.45, 7) is 4.12. The largest absolute Gasteiger partial charge is 0.325 e. The van der Waals surface area contributed by atoms with E-state index in [9.17, 15) is 9.18 Å². The predicted octanol–water partition coefficient (Wildman–Crippen LogP) is 4.98. The lowest BCUT2D eigenvalue weighted by Gasteiger charge is -2.10. The highest BCUT2D eigenvalue weighted by atomic mass is 32.2. The van der Waals surface area contributed by atoms with Gasteiger partial charge < -0.3 is 5.32 Å². The molecular formula is C20H19FN2OS. The molecule has 128 valence electrons. The molecule has 25 heavy (non-hydrogen) atoms. The summed E-state index contributed by atoms with van der Waals surface area (Å²) >= 11 is 1.43. The van der Waals surface area contributed by atoms with E-state index in [4.69, 9.17) is 4.98 Å². The summed E-state index contributed by atoms with van der Waals surface area (Å²) in [6.07, 6.45) is 0.860. The smallest absolute Gasteiger partial charge is 0.234 e. The van der Waals surface area contributed by atoms with Crippen LogP contribution >= 0.6 is 11.8 Å². The maximum absolute atomic E-state index is 12.9. The van der Waals surface area contributed by atoms with Crippen molar-refractivity contribution >= 4 is 34.3 Å². The second-order valence-electron chi connectivity index (χ2n) is 5.85. The van der Waals surface area contributed by atoms with Crippen molar-refractivity contribution < 1.29 is 9.18 Å². The lowest BCUT2D eigenvalue weighted by atomic mass is 10.1. The molecule has 0 bridgehead atoms. The van der Waals surface area contributed by atoms with Crippen molar-refractivity contribution in [3.05, 3.63) is 65.5 Å². The van der Waals surface area contributed by atoms with Crippen LogP contribution in [0.15, 0.2) is 53.6 Å². The van der Waals surface area contributed by atoms with Crippen LogP contribution < -0.4 is 5.32 Å². The Morgan fingerprint density at radius 2 is 1.92 bits per heavy atom. The zero-order valence-electron chi connectivity index (χ0n) is 14.2. The van der Waals surface area contributed by atoms with E-state index >= 15 is 0 Å². The number of hydrogen-bond acceptors (Lipinski definition) is 3. The Morgan fingerprint density at radius 1 is 1.16 bits per heavy atom. The van der Waals surface area contributed by atoms with E-state index in [2.05, 4.69) is 36.5 Å². The Labute approximate surface area is 150 Å². The minimum Gasteiger partial charge on any atom is -0.325 e. The molecule has 1 amide bonds. The van der Waals surface area contributed by atoms with Gasteiger partial charge in [-0.1, -0.05) is 30.8 Å². The first-order chi connectivity index (χ1) is 12.0. The summed E-state index contributed by atoms with van der Waals surface area (Å²) in [7, 11) is 0. The number of amides is 1. The summed E-state index contributed by atoms with van der Waals surface area (Å²) in [5.74, 6) is -0.199. The van der Waals surface area contributed by atoms with Gasteiger partial charge in [-0.2, -0.15) is 0 Å². The van der Waals surface area contributed by atoms with Crippen LogP contribution in [0.2, 0.25) is 0 Å². The Bertz CT molecular complexity index is 909. The van der Waals surface area contributed by atoms with Crippen molar-refractivity contribution in [2.75, 3.05) is 11.1 Å². The summed E-state index contributed by atoms with van der Waals surface area (Å²) in [5, 5.41) is 4.77. The first-order valence-electron chi connectivity index (χ1n) is 8.13. The van der Waals surface area contributed by atoms with Gasteiger partial charge in [0.1, 0.15) is 10.8 Å². The van der Waals surface area contributed by atoms with Crippen LogP contribution in [0.3, 0.4) is 0 Å².